The van der Waals surface area contributed by atoms with Gasteiger partial charge in [0.25, 0.3) is 0 Å². The van der Waals surface area contributed by atoms with Crippen molar-refractivity contribution in [1.29, 1.82) is 0 Å². The fourth-order valence-electron chi connectivity index (χ4n) is 8.28. The summed E-state index contributed by atoms with van der Waals surface area (Å²) in [5, 5.41) is 2.59. The quantitative estimate of drug-likeness (QED) is 0.176. The number of rotatable bonds is 3. The van der Waals surface area contributed by atoms with Crippen LogP contribution in [0.5, 0.6) is 11.5 Å². The first-order chi connectivity index (χ1) is 24.4. The molecule has 0 aliphatic carbocycles. The molecule has 7 aromatic rings. The van der Waals surface area contributed by atoms with Crippen LogP contribution in [0.15, 0.2) is 164 Å². The van der Waals surface area contributed by atoms with Gasteiger partial charge in [-0.05, 0) is 95.1 Å². The van der Waals surface area contributed by atoms with Crippen LogP contribution in [0.25, 0.3) is 11.1 Å². The van der Waals surface area contributed by atoms with E-state index >= 15 is 4.57 Å². The summed E-state index contributed by atoms with van der Waals surface area (Å²) >= 11 is 0. The van der Waals surface area contributed by atoms with Gasteiger partial charge in [-0.1, -0.05) is 105 Å². The van der Waals surface area contributed by atoms with E-state index in [-0.39, 0.29) is 5.41 Å². The Kier molecular flexibility index (Phi) is 6.16. The molecule has 1 unspecified atom stereocenters. The molecule has 0 aromatic heterocycles. The van der Waals surface area contributed by atoms with Gasteiger partial charge in [0, 0.05) is 32.7 Å². The molecule has 4 nitrogen and oxygen atoms in total. The monoisotopic (exact) mass is 664 g/mol. The molecule has 0 spiro atoms. The number of para-hydroxylation sites is 6. The van der Waals surface area contributed by atoms with Crippen molar-refractivity contribution < 1.29 is 9.30 Å². The zero-order chi connectivity index (χ0) is 33.6. The lowest BCUT2D eigenvalue weighted by Gasteiger charge is -2.42. The highest BCUT2D eigenvalue weighted by molar-refractivity contribution is 7.86. The summed E-state index contributed by atoms with van der Waals surface area (Å²) in [6.07, 6.45) is 0. The van der Waals surface area contributed by atoms with Gasteiger partial charge in [0.15, 0.2) is 18.6 Å². The third-order valence-corrected chi connectivity index (χ3v) is 13.8. The molecule has 3 aliphatic rings. The molecular formula is C45H33N2O2P. The van der Waals surface area contributed by atoms with Gasteiger partial charge in [-0.25, -0.2) is 0 Å². The summed E-state index contributed by atoms with van der Waals surface area (Å²) in [6.45, 7) is 4.61. The molecule has 0 N–H and O–H groups in total. The third-order valence-electron chi connectivity index (χ3n) is 10.6. The average molecular weight is 665 g/mol. The first-order valence-corrected chi connectivity index (χ1v) is 18.8. The van der Waals surface area contributed by atoms with E-state index in [1.807, 2.05) is 66.7 Å². The van der Waals surface area contributed by atoms with Gasteiger partial charge in [-0.3, -0.25) is 0 Å². The molecular weight excluding hydrogens is 631 g/mol. The lowest BCUT2D eigenvalue weighted by molar-refractivity contribution is 0.477. The van der Waals surface area contributed by atoms with Gasteiger partial charge in [0.2, 0.25) is 0 Å². The van der Waals surface area contributed by atoms with Crippen molar-refractivity contribution in [3.63, 3.8) is 0 Å². The molecule has 0 fully saturated rings. The zero-order valence-electron chi connectivity index (χ0n) is 27.7. The van der Waals surface area contributed by atoms with Crippen LogP contribution >= 0.6 is 7.14 Å². The van der Waals surface area contributed by atoms with Crippen LogP contribution in [0, 0.1) is 0 Å². The van der Waals surface area contributed by atoms with Crippen LogP contribution in [-0.4, -0.2) is 0 Å². The smallest absolute Gasteiger partial charge is 0.172 e. The Morgan fingerprint density at radius 2 is 0.900 bits per heavy atom. The van der Waals surface area contributed by atoms with Gasteiger partial charge >= 0.3 is 0 Å². The van der Waals surface area contributed by atoms with Crippen molar-refractivity contribution in [2.45, 2.75) is 19.3 Å². The maximum atomic E-state index is 15.7. The molecule has 0 amide bonds. The van der Waals surface area contributed by atoms with Crippen LogP contribution in [0.1, 0.15) is 25.0 Å². The minimum absolute atomic E-state index is 0.157. The Labute approximate surface area is 292 Å². The molecule has 0 saturated carbocycles. The number of anilines is 6. The third kappa shape index (κ3) is 3.97. The van der Waals surface area contributed by atoms with E-state index < -0.39 is 7.14 Å². The lowest BCUT2D eigenvalue weighted by atomic mass is 9.73. The Hall–Kier alpha value is -5.83. The van der Waals surface area contributed by atoms with E-state index in [2.05, 4.69) is 121 Å². The first kappa shape index (κ1) is 29.1. The highest BCUT2D eigenvalue weighted by atomic mass is 31.2. The molecule has 3 heterocycles. The molecule has 10 rings (SSSR count). The van der Waals surface area contributed by atoms with E-state index in [1.165, 1.54) is 11.1 Å². The standard InChI is InChI=1S/C45H33N2O2P/c1-45(2)35-16-6-8-18-37(35)46(38-19-9-7-17-36(38)45)30-24-26-43-33(28-30)34-29-31(25-27-44(34)50(43,48)32-14-4-3-5-15-32)47-39-20-10-12-22-41(39)49-42-23-13-11-21-40(42)47/h3-29H,1-2H3. The lowest BCUT2D eigenvalue weighted by Crippen LogP contribution is -2.30. The van der Waals surface area contributed by atoms with E-state index in [4.69, 9.17) is 4.74 Å². The molecule has 50 heavy (non-hydrogen) atoms. The summed E-state index contributed by atoms with van der Waals surface area (Å²) in [4.78, 5) is 4.63. The van der Waals surface area contributed by atoms with E-state index in [0.29, 0.717) is 0 Å². The highest BCUT2D eigenvalue weighted by Gasteiger charge is 2.42. The van der Waals surface area contributed by atoms with Crippen LogP contribution in [-0.2, 0) is 9.98 Å². The summed E-state index contributed by atoms with van der Waals surface area (Å²) in [6, 6.07) is 56.6. The molecule has 0 bridgehead atoms. The maximum Gasteiger partial charge on any atom is 0.172 e. The second-order valence-electron chi connectivity index (χ2n) is 13.7. The Balaban J connectivity index is 1.21. The Morgan fingerprint density at radius 1 is 0.480 bits per heavy atom. The minimum atomic E-state index is -3.17. The van der Waals surface area contributed by atoms with Crippen molar-refractivity contribution in [2.75, 3.05) is 9.80 Å². The number of benzene rings is 7. The van der Waals surface area contributed by atoms with Crippen molar-refractivity contribution in [2.24, 2.45) is 0 Å². The van der Waals surface area contributed by atoms with Gasteiger partial charge in [0.1, 0.15) is 0 Å². The summed E-state index contributed by atoms with van der Waals surface area (Å²) in [7, 11) is -3.17. The summed E-state index contributed by atoms with van der Waals surface area (Å²) in [5.41, 5.74) is 10.7. The van der Waals surface area contributed by atoms with E-state index in [0.717, 1.165) is 72.7 Å². The Bertz CT molecular complexity index is 2460. The maximum absolute atomic E-state index is 15.7. The summed E-state index contributed by atoms with van der Waals surface area (Å²) in [5.74, 6) is 1.60. The minimum Gasteiger partial charge on any atom is -0.453 e. The van der Waals surface area contributed by atoms with Crippen molar-refractivity contribution >= 4 is 57.2 Å². The molecule has 0 radical (unpaired) electrons. The van der Waals surface area contributed by atoms with Crippen LogP contribution in [0.3, 0.4) is 0 Å². The summed E-state index contributed by atoms with van der Waals surface area (Å²) < 4.78 is 22.0. The molecule has 5 heteroatoms. The largest absolute Gasteiger partial charge is 0.453 e. The topological polar surface area (TPSA) is 32.8 Å². The van der Waals surface area contributed by atoms with Gasteiger partial charge in [-0.2, -0.15) is 0 Å². The van der Waals surface area contributed by atoms with Gasteiger partial charge in [-0.15, -0.1) is 0 Å². The number of fused-ring (bicyclic) bond motifs is 7. The molecule has 7 aromatic carbocycles. The first-order valence-electron chi connectivity index (χ1n) is 17.0. The highest BCUT2D eigenvalue weighted by Crippen LogP contribution is 2.57. The second kappa shape index (κ2) is 10.6. The van der Waals surface area contributed by atoms with Gasteiger partial charge < -0.3 is 19.1 Å². The van der Waals surface area contributed by atoms with Crippen molar-refractivity contribution in [3.8, 4) is 22.6 Å². The van der Waals surface area contributed by atoms with Crippen molar-refractivity contribution in [1.82, 2.24) is 0 Å². The van der Waals surface area contributed by atoms with Crippen molar-refractivity contribution in [3.05, 3.63) is 175 Å². The predicted octanol–water partition coefficient (Wildman–Crippen LogP) is 11.0. The number of nitrogens with zero attached hydrogens (tertiary/aromatic N) is 2. The molecule has 1 atom stereocenters. The van der Waals surface area contributed by atoms with E-state index in [9.17, 15) is 0 Å². The Morgan fingerprint density at radius 3 is 1.42 bits per heavy atom. The predicted molar refractivity (Wildman–Crippen MR) is 206 cm³/mol. The fourth-order valence-corrected chi connectivity index (χ4v) is 11.3. The molecule has 0 saturated heterocycles. The molecule has 3 aliphatic heterocycles. The second-order valence-corrected chi connectivity index (χ2v) is 16.4. The number of ether oxygens (including phenoxy) is 1. The van der Waals surface area contributed by atoms with Crippen LogP contribution < -0.4 is 30.5 Å². The fraction of sp³-hybridized carbons (Fsp3) is 0.0667. The average Bonchev–Trinajstić information content (AvgIpc) is 3.42. The number of hydrogen-bond acceptors (Lipinski definition) is 4. The van der Waals surface area contributed by atoms with Crippen LogP contribution in [0.4, 0.5) is 34.1 Å². The molecule has 240 valence electrons. The normalized spacial score (nSPS) is 17.4. The number of hydrogen-bond donors (Lipinski definition) is 0. The SMILES string of the molecule is CC1(C)c2ccccc2N(c2ccc3c(c2)-c2cc(N4c5ccccc5Oc5ccccc54)ccc2P3(=O)c2ccccc2)c2ccccc21. The zero-order valence-corrected chi connectivity index (χ0v) is 28.6. The van der Waals surface area contributed by atoms with Crippen LogP contribution in [0.2, 0.25) is 0 Å². The van der Waals surface area contributed by atoms with E-state index in [1.54, 1.807) is 0 Å². The van der Waals surface area contributed by atoms with Gasteiger partial charge in [0.05, 0.1) is 22.7 Å².